The van der Waals surface area contributed by atoms with E-state index in [9.17, 15) is 4.79 Å². The second kappa shape index (κ2) is 11.4. The minimum atomic E-state index is 0.0159. The third-order valence-corrected chi connectivity index (χ3v) is 7.21. The number of thioether (sulfide) groups is 1. The number of aromatic nitrogens is 5. The van der Waals surface area contributed by atoms with Gasteiger partial charge in [0.15, 0.2) is 17.2 Å². The van der Waals surface area contributed by atoms with E-state index in [0.717, 1.165) is 78.9 Å². The fourth-order valence-corrected chi connectivity index (χ4v) is 5.24. The third-order valence-electron chi connectivity index (χ3n) is 6.52. The number of nitrogens with zero attached hydrogens (tertiary/aromatic N) is 5. The van der Waals surface area contributed by atoms with Gasteiger partial charge >= 0.3 is 0 Å². The molecule has 1 aliphatic rings. The van der Waals surface area contributed by atoms with Gasteiger partial charge in [0.05, 0.1) is 17.6 Å². The molecule has 9 heteroatoms. The van der Waals surface area contributed by atoms with E-state index in [4.69, 9.17) is 19.6 Å². The van der Waals surface area contributed by atoms with E-state index in [2.05, 4.69) is 24.3 Å². The molecule has 0 aliphatic carbocycles. The van der Waals surface area contributed by atoms with Crippen LogP contribution in [0.4, 0.5) is 0 Å². The number of ketones is 1. The Kier molecular flexibility index (Phi) is 8.37. The Morgan fingerprint density at radius 1 is 1.21 bits per heavy atom. The molecule has 1 aliphatic heterocycles. The molecule has 8 nitrogen and oxygen atoms in total. The topological polar surface area (TPSA) is 98.7 Å². The van der Waals surface area contributed by atoms with E-state index < -0.39 is 0 Å². The zero-order chi connectivity index (χ0) is 24.1. The van der Waals surface area contributed by atoms with Gasteiger partial charge in [-0.05, 0) is 51.8 Å². The molecule has 1 N–H and O–H groups in total. The zero-order valence-electron chi connectivity index (χ0n) is 20.8. The number of rotatable bonds is 11. The Labute approximate surface area is 205 Å². The van der Waals surface area contributed by atoms with Gasteiger partial charge in [-0.25, -0.2) is 14.6 Å². The molecule has 0 bridgehead atoms. The van der Waals surface area contributed by atoms with Gasteiger partial charge in [0.25, 0.3) is 0 Å². The van der Waals surface area contributed by atoms with Crippen LogP contribution in [0.2, 0.25) is 0 Å². The highest BCUT2D eigenvalue weighted by Gasteiger charge is 2.26. The molecule has 3 aromatic heterocycles. The van der Waals surface area contributed by atoms with Crippen molar-refractivity contribution in [3.63, 3.8) is 0 Å². The van der Waals surface area contributed by atoms with Crippen LogP contribution in [-0.2, 0) is 13.0 Å². The van der Waals surface area contributed by atoms with Crippen LogP contribution in [-0.4, -0.2) is 49.5 Å². The third kappa shape index (κ3) is 5.20. The summed E-state index contributed by atoms with van der Waals surface area (Å²) in [4.78, 5) is 22.7. The molecule has 184 valence electrons. The number of Topliss-reactive ketones (excluding diaryl/α,β-unsaturated/α-hetero) is 1. The highest BCUT2D eigenvalue weighted by Crippen LogP contribution is 2.32. The van der Waals surface area contributed by atoms with Gasteiger partial charge in [-0.1, -0.05) is 38.3 Å². The number of nitrogens with one attached hydrogen (secondary N) is 1. The number of aryl methyl sites for hydroxylation is 1. The fourth-order valence-electron chi connectivity index (χ4n) is 4.62. The predicted molar refractivity (Wildman–Crippen MR) is 135 cm³/mol. The molecule has 1 atom stereocenters. The highest BCUT2D eigenvalue weighted by atomic mass is 32.2. The standard InChI is InChI=1S/C25H36N6O2S/c1-5-7-12-18-21(30-33-22(18)19(32)13-8-6-2)23-27-24-20(25(28-23)34-4)16(3)29-31(24)15-17-11-9-10-14-26-17/h17,26H,5-15H2,1-4H3. The summed E-state index contributed by atoms with van der Waals surface area (Å²) >= 11 is 1.58. The Morgan fingerprint density at radius 3 is 2.74 bits per heavy atom. The van der Waals surface area contributed by atoms with E-state index in [1.54, 1.807) is 11.8 Å². The first-order valence-electron chi connectivity index (χ1n) is 12.6. The van der Waals surface area contributed by atoms with Crippen LogP contribution in [0, 0.1) is 6.92 Å². The average Bonchev–Trinajstić information content (AvgIpc) is 3.42. The van der Waals surface area contributed by atoms with Gasteiger partial charge in [0, 0.05) is 18.0 Å². The quantitative estimate of drug-likeness (QED) is 0.220. The first-order chi connectivity index (χ1) is 16.6. The number of piperidine rings is 1. The lowest BCUT2D eigenvalue weighted by atomic mass is 10.0. The van der Waals surface area contributed by atoms with Crippen molar-refractivity contribution < 1.29 is 9.32 Å². The molecule has 4 heterocycles. The first-order valence-corrected chi connectivity index (χ1v) is 13.8. The Bertz CT molecular complexity index is 1130. The lowest BCUT2D eigenvalue weighted by Crippen LogP contribution is -2.37. The van der Waals surface area contributed by atoms with Crippen LogP contribution < -0.4 is 5.32 Å². The van der Waals surface area contributed by atoms with Crippen molar-refractivity contribution in [2.75, 3.05) is 12.8 Å². The SMILES string of the molecule is CCCCC(=O)c1onc(-c2nc(SC)c3c(C)nn(CC4CCCCN4)c3n2)c1CCCC. The maximum absolute atomic E-state index is 12.8. The molecule has 4 rings (SSSR count). The second-order valence-corrected chi connectivity index (χ2v) is 9.93. The minimum absolute atomic E-state index is 0.0159. The molecule has 0 radical (unpaired) electrons. The van der Waals surface area contributed by atoms with Crippen LogP contribution in [0.25, 0.3) is 22.6 Å². The van der Waals surface area contributed by atoms with E-state index >= 15 is 0 Å². The summed E-state index contributed by atoms with van der Waals surface area (Å²) in [6.45, 7) is 8.06. The van der Waals surface area contributed by atoms with Crippen molar-refractivity contribution in [3.8, 4) is 11.5 Å². The fraction of sp³-hybridized carbons (Fsp3) is 0.640. The van der Waals surface area contributed by atoms with Crippen LogP contribution in [0.3, 0.4) is 0 Å². The van der Waals surface area contributed by atoms with Crippen molar-refractivity contribution in [2.45, 2.75) is 96.2 Å². The minimum Gasteiger partial charge on any atom is -0.352 e. The van der Waals surface area contributed by atoms with Gasteiger partial charge < -0.3 is 9.84 Å². The van der Waals surface area contributed by atoms with Crippen LogP contribution in [0.5, 0.6) is 0 Å². The number of hydrogen-bond donors (Lipinski definition) is 1. The van der Waals surface area contributed by atoms with Crippen molar-refractivity contribution >= 4 is 28.6 Å². The summed E-state index contributed by atoms with van der Waals surface area (Å²) in [6.07, 6.45) is 10.6. The summed E-state index contributed by atoms with van der Waals surface area (Å²) in [5.41, 5.74) is 3.18. The van der Waals surface area contributed by atoms with Gasteiger partial charge in [-0.2, -0.15) is 5.10 Å². The van der Waals surface area contributed by atoms with Gasteiger partial charge in [0.1, 0.15) is 5.03 Å². The maximum atomic E-state index is 12.8. The van der Waals surface area contributed by atoms with Crippen LogP contribution in [0.1, 0.15) is 87.0 Å². The lowest BCUT2D eigenvalue weighted by Gasteiger charge is -2.23. The Balaban J connectivity index is 1.78. The van der Waals surface area contributed by atoms with Gasteiger partial charge in [0.2, 0.25) is 11.5 Å². The highest BCUT2D eigenvalue weighted by molar-refractivity contribution is 7.98. The maximum Gasteiger partial charge on any atom is 0.206 e. The smallest absolute Gasteiger partial charge is 0.206 e. The molecule has 3 aromatic rings. The van der Waals surface area contributed by atoms with E-state index in [0.29, 0.717) is 29.7 Å². The number of fused-ring (bicyclic) bond motifs is 1. The molecule has 0 aromatic carbocycles. The van der Waals surface area contributed by atoms with E-state index in [-0.39, 0.29) is 5.78 Å². The van der Waals surface area contributed by atoms with Gasteiger partial charge in [-0.15, -0.1) is 11.8 Å². The van der Waals surface area contributed by atoms with E-state index in [1.165, 1.54) is 12.8 Å². The summed E-state index contributed by atoms with van der Waals surface area (Å²) in [5.74, 6) is 0.906. The molecular weight excluding hydrogens is 448 g/mol. The largest absolute Gasteiger partial charge is 0.352 e. The van der Waals surface area contributed by atoms with Crippen molar-refractivity contribution in [3.05, 3.63) is 17.0 Å². The molecule has 1 saturated heterocycles. The molecule has 34 heavy (non-hydrogen) atoms. The summed E-state index contributed by atoms with van der Waals surface area (Å²) in [5, 5.41) is 14.6. The predicted octanol–water partition coefficient (Wildman–Crippen LogP) is 5.37. The number of unbranched alkanes of at least 4 members (excludes halogenated alkanes) is 2. The Morgan fingerprint density at radius 2 is 2.03 bits per heavy atom. The summed E-state index contributed by atoms with van der Waals surface area (Å²) in [7, 11) is 0. The average molecular weight is 485 g/mol. The monoisotopic (exact) mass is 484 g/mol. The van der Waals surface area contributed by atoms with Crippen LogP contribution >= 0.6 is 11.8 Å². The molecule has 0 spiro atoms. The molecular formula is C25H36N6O2S. The van der Waals surface area contributed by atoms with E-state index in [1.807, 2.05) is 17.9 Å². The normalized spacial score (nSPS) is 16.4. The molecule has 1 fully saturated rings. The number of carbonyl (C=O) groups excluding carboxylic acids is 1. The molecule has 1 unspecified atom stereocenters. The van der Waals surface area contributed by atoms with Crippen molar-refractivity contribution in [2.24, 2.45) is 0 Å². The van der Waals surface area contributed by atoms with Gasteiger partial charge in [-0.3, -0.25) is 4.79 Å². The Hall–Kier alpha value is -2.26. The molecule has 0 amide bonds. The number of carbonyl (C=O) groups is 1. The second-order valence-electron chi connectivity index (χ2n) is 9.14. The molecule has 0 saturated carbocycles. The summed E-state index contributed by atoms with van der Waals surface area (Å²) < 4.78 is 7.64. The lowest BCUT2D eigenvalue weighted by molar-refractivity contribution is 0.0942. The zero-order valence-corrected chi connectivity index (χ0v) is 21.6. The van der Waals surface area contributed by atoms with Crippen molar-refractivity contribution in [1.29, 1.82) is 0 Å². The number of hydrogen-bond acceptors (Lipinski definition) is 8. The van der Waals surface area contributed by atoms with Crippen molar-refractivity contribution in [1.82, 2.24) is 30.2 Å². The summed E-state index contributed by atoms with van der Waals surface area (Å²) in [6, 6.07) is 0.391. The first kappa shape index (κ1) is 24.9. The van der Waals surface area contributed by atoms with Crippen LogP contribution in [0.15, 0.2) is 9.55 Å².